The summed E-state index contributed by atoms with van der Waals surface area (Å²) in [5.74, 6) is 0.736. The van der Waals surface area contributed by atoms with Gasteiger partial charge in [-0.2, -0.15) is 0 Å². The second-order valence-electron chi connectivity index (χ2n) is 9.29. The second kappa shape index (κ2) is 11.7. The van der Waals surface area contributed by atoms with Crippen LogP contribution in [0.2, 0.25) is 0 Å². The summed E-state index contributed by atoms with van der Waals surface area (Å²) in [7, 11) is 3.14. The van der Waals surface area contributed by atoms with E-state index >= 15 is 0 Å². The average Bonchev–Trinajstić information content (AvgIpc) is 3.37. The van der Waals surface area contributed by atoms with Crippen molar-refractivity contribution < 1.29 is 28.6 Å². The average molecular weight is 507 g/mol. The maximum absolute atomic E-state index is 12.1. The number of anilines is 1. The molecule has 1 aromatic rings. The van der Waals surface area contributed by atoms with Crippen LogP contribution < -0.4 is 30.3 Å². The number of nitrogens with one attached hydrogen (secondary N) is 3. The van der Waals surface area contributed by atoms with Gasteiger partial charge in [-0.3, -0.25) is 14.9 Å². The number of amides is 3. The third-order valence-corrected chi connectivity index (χ3v) is 6.26. The van der Waals surface area contributed by atoms with Crippen molar-refractivity contribution in [3.63, 3.8) is 0 Å². The summed E-state index contributed by atoms with van der Waals surface area (Å²) in [5, 5.41) is 8.22. The van der Waals surface area contributed by atoms with Crippen molar-refractivity contribution in [3.8, 4) is 11.5 Å². The van der Waals surface area contributed by atoms with Gasteiger partial charge in [0, 0.05) is 43.0 Å². The Morgan fingerprint density at radius 3 is 2.54 bits per heavy atom. The van der Waals surface area contributed by atoms with Gasteiger partial charge in [-0.15, -0.1) is 0 Å². The monoisotopic (exact) mass is 506 g/mol. The van der Waals surface area contributed by atoms with Crippen molar-refractivity contribution in [2.45, 2.75) is 45.3 Å². The maximum Gasteiger partial charge on any atom is 0.407 e. The van der Waals surface area contributed by atoms with Gasteiger partial charge in [0.25, 0.3) is 11.1 Å². The zero-order valence-electron chi connectivity index (χ0n) is 20.9. The van der Waals surface area contributed by atoms with Crippen LogP contribution in [0.1, 0.15) is 39.2 Å². The first-order valence-corrected chi connectivity index (χ1v) is 12.4. The van der Waals surface area contributed by atoms with E-state index in [1.807, 2.05) is 32.9 Å². The number of alkyl carbamates (subject to hydrolysis) is 1. The molecule has 2 heterocycles. The van der Waals surface area contributed by atoms with Crippen molar-refractivity contribution in [1.82, 2.24) is 16.0 Å². The normalized spacial score (nSPS) is 19.2. The zero-order valence-corrected chi connectivity index (χ0v) is 21.7. The summed E-state index contributed by atoms with van der Waals surface area (Å²) in [6.45, 7) is 8.38. The Morgan fingerprint density at radius 1 is 1.20 bits per heavy atom. The van der Waals surface area contributed by atoms with Crippen molar-refractivity contribution >= 4 is 40.8 Å². The molecule has 0 saturated carbocycles. The Labute approximate surface area is 210 Å². The highest BCUT2D eigenvalue weighted by molar-refractivity contribution is 8.18. The van der Waals surface area contributed by atoms with Gasteiger partial charge in [0.05, 0.1) is 19.1 Å². The number of carbonyl (C=O) groups is 3. The van der Waals surface area contributed by atoms with Crippen LogP contribution in [0.3, 0.4) is 0 Å². The Balaban J connectivity index is 1.61. The van der Waals surface area contributed by atoms with Crippen LogP contribution in [0.25, 0.3) is 6.08 Å². The lowest BCUT2D eigenvalue weighted by Crippen LogP contribution is -2.36. The van der Waals surface area contributed by atoms with Crippen molar-refractivity contribution in [2.75, 3.05) is 45.3 Å². The van der Waals surface area contributed by atoms with Gasteiger partial charge >= 0.3 is 6.09 Å². The third-order valence-electron chi connectivity index (χ3n) is 5.45. The quantitative estimate of drug-likeness (QED) is 0.343. The standard InChI is InChI=1S/C24H34N4O6S/c1-24(2,3)34-22(30)26-9-6-8-25-16-7-10-28(14-16)17-13-19(33-5)18(32-4)11-15(17)12-20-21(29)27-23(31)35-20/h11-13,16,25H,6-10,14H2,1-5H3,(H,26,30)(H,27,29,31)/b20-12-/t16-/m1/s1. The molecule has 3 amide bonds. The molecule has 0 bridgehead atoms. The van der Waals surface area contributed by atoms with Crippen LogP contribution in [0, 0.1) is 0 Å². The van der Waals surface area contributed by atoms with Gasteiger partial charge < -0.3 is 29.7 Å². The molecule has 2 aliphatic rings. The second-order valence-corrected chi connectivity index (χ2v) is 10.3. The summed E-state index contributed by atoms with van der Waals surface area (Å²) >= 11 is 0.884. The molecule has 3 N–H and O–H groups in total. The van der Waals surface area contributed by atoms with Gasteiger partial charge in [-0.1, -0.05) is 0 Å². The molecule has 2 aliphatic heterocycles. The molecule has 1 aromatic carbocycles. The van der Waals surface area contributed by atoms with E-state index in [9.17, 15) is 14.4 Å². The Bertz CT molecular complexity index is 991. The van der Waals surface area contributed by atoms with E-state index in [-0.39, 0.29) is 11.3 Å². The van der Waals surface area contributed by atoms with Crippen LogP contribution in [-0.2, 0) is 9.53 Å². The van der Waals surface area contributed by atoms with Crippen molar-refractivity contribution in [2.24, 2.45) is 0 Å². The number of rotatable bonds is 9. The number of imide groups is 1. The van der Waals surface area contributed by atoms with Crippen LogP contribution in [0.4, 0.5) is 15.3 Å². The highest BCUT2D eigenvalue weighted by Gasteiger charge is 2.28. The minimum atomic E-state index is -0.510. The van der Waals surface area contributed by atoms with Gasteiger partial charge in [0.15, 0.2) is 11.5 Å². The molecular formula is C24H34N4O6S. The SMILES string of the molecule is COc1cc(/C=C2\SC(=O)NC2=O)c(N2CC[C@@H](NCCCNC(=O)OC(C)(C)C)C2)cc1OC. The number of benzene rings is 1. The summed E-state index contributed by atoms with van der Waals surface area (Å²) in [4.78, 5) is 38.0. The summed E-state index contributed by atoms with van der Waals surface area (Å²) in [5.41, 5.74) is 1.17. The van der Waals surface area contributed by atoms with Gasteiger partial charge in [0.1, 0.15) is 5.60 Å². The largest absolute Gasteiger partial charge is 0.493 e. The first kappa shape index (κ1) is 26.7. The Morgan fingerprint density at radius 2 is 1.91 bits per heavy atom. The number of hydrogen-bond donors (Lipinski definition) is 3. The molecule has 1 atom stereocenters. The smallest absolute Gasteiger partial charge is 0.407 e. The van der Waals surface area contributed by atoms with Crippen LogP contribution in [0.5, 0.6) is 11.5 Å². The highest BCUT2D eigenvalue weighted by atomic mass is 32.2. The lowest BCUT2D eigenvalue weighted by molar-refractivity contribution is -0.115. The number of nitrogens with zero attached hydrogens (tertiary/aromatic N) is 1. The molecule has 2 saturated heterocycles. The topological polar surface area (TPSA) is 118 Å². The number of hydrogen-bond acceptors (Lipinski definition) is 9. The molecule has 11 heteroatoms. The molecule has 192 valence electrons. The first-order valence-electron chi connectivity index (χ1n) is 11.6. The maximum atomic E-state index is 12.1. The number of ether oxygens (including phenoxy) is 3. The van der Waals surface area contributed by atoms with E-state index in [0.29, 0.717) is 22.9 Å². The zero-order chi connectivity index (χ0) is 25.6. The van der Waals surface area contributed by atoms with Crippen LogP contribution in [0.15, 0.2) is 17.0 Å². The minimum Gasteiger partial charge on any atom is -0.493 e. The van der Waals surface area contributed by atoms with E-state index in [4.69, 9.17) is 14.2 Å². The molecule has 0 aliphatic carbocycles. The number of methoxy groups -OCH3 is 2. The third kappa shape index (κ3) is 7.53. The Kier molecular flexibility index (Phi) is 8.90. The molecule has 0 spiro atoms. The Hall–Kier alpha value is -2.92. The molecule has 0 radical (unpaired) electrons. The lowest BCUT2D eigenvalue weighted by Gasteiger charge is -2.23. The molecular weight excluding hydrogens is 472 g/mol. The van der Waals surface area contributed by atoms with Gasteiger partial charge in [-0.25, -0.2) is 4.79 Å². The molecule has 2 fully saturated rings. The highest BCUT2D eigenvalue weighted by Crippen LogP contribution is 2.39. The first-order chi connectivity index (χ1) is 16.6. The molecule has 10 nitrogen and oxygen atoms in total. The number of carbonyl (C=O) groups excluding carboxylic acids is 3. The predicted molar refractivity (Wildman–Crippen MR) is 136 cm³/mol. The fraction of sp³-hybridized carbons (Fsp3) is 0.542. The summed E-state index contributed by atoms with van der Waals surface area (Å²) in [6, 6.07) is 3.99. The van der Waals surface area contributed by atoms with E-state index in [1.54, 1.807) is 20.3 Å². The van der Waals surface area contributed by atoms with E-state index < -0.39 is 17.6 Å². The van der Waals surface area contributed by atoms with E-state index in [0.717, 1.165) is 55.5 Å². The van der Waals surface area contributed by atoms with Crippen molar-refractivity contribution in [3.05, 3.63) is 22.6 Å². The van der Waals surface area contributed by atoms with E-state index in [2.05, 4.69) is 20.9 Å². The van der Waals surface area contributed by atoms with Gasteiger partial charge in [0.2, 0.25) is 0 Å². The van der Waals surface area contributed by atoms with Gasteiger partial charge in [-0.05, 0) is 64.1 Å². The summed E-state index contributed by atoms with van der Waals surface area (Å²) in [6.07, 6.45) is 3.03. The van der Waals surface area contributed by atoms with E-state index in [1.165, 1.54) is 0 Å². The predicted octanol–water partition coefficient (Wildman–Crippen LogP) is 3.11. The van der Waals surface area contributed by atoms with Crippen LogP contribution >= 0.6 is 11.8 Å². The molecule has 35 heavy (non-hydrogen) atoms. The molecule has 0 unspecified atom stereocenters. The van der Waals surface area contributed by atoms with Crippen LogP contribution in [-0.4, -0.2) is 69.3 Å². The lowest BCUT2D eigenvalue weighted by atomic mass is 10.1. The number of thioether (sulfide) groups is 1. The fourth-order valence-electron chi connectivity index (χ4n) is 3.88. The summed E-state index contributed by atoms with van der Waals surface area (Å²) < 4.78 is 16.2. The fourth-order valence-corrected chi connectivity index (χ4v) is 4.55. The minimum absolute atomic E-state index is 0.274. The molecule has 3 rings (SSSR count). The van der Waals surface area contributed by atoms with Crippen molar-refractivity contribution in [1.29, 1.82) is 0 Å². The molecule has 0 aromatic heterocycles.